The van der Waals surface area contributed by atoms with Crippen molar-refractivity contribution >= 4 is 0 Å². The molecule has 0 aromatic heterocycles. The Kier molecular flexibility index (Phi) is 12.9. The summed E-state index contributed by atoms with van der Waals surface area (Å²) in [6, 6.07) is 0. The lowest BCUT2D eigenvalue weighted by Gasteiger charge is -2.12. The molecule has 0 saturated heterocycles. The van der Waals surface area contributed by atoms with E-state index in [0.29, 0.717) is 11.8 Å². The third-order valence-corrected chi connectivity index (χ3v) is 4.51. The van der Waals surface area contributed by atoms with E-state index in [2.05, 4.69) is 83.1 Å². The standard InChI is InChI=1S/2C11H22/c2*1-8(2)7-10(5)11(6)9(3)4/h2*8-9H,7H2,1-6H3. The van der Waals surface area contributed by atoms with Crippen LogP contribution in [0.3, 0.4) is 0 Å². The Morgan fingerprint density at radius 1 is 0.500 bits per heavy atom. The molecule has 0 bridgehead atoms. The molecule has 0 heterocycles. The van der Waals surface area contributed by atoms with Gasteiger partial charge in [-0.15, -0.1) is 0 Å². The predicted octanol–water partition coefficient (Wildman–Crippen LogP) is 8.05. The van der Waals surface area contributed by atoms with E-state index < -0.39 is 0 Å². The van der Waals surface area contributed by atoms with Crippen LogP contribution in [0.4, 0.5) is 0 Å². The van der Waals surface area contributed by atoms with Crippen LogP contribution in [0.2, 0.25) is 0 Å². The van der Waals surface area contributed by atoms with Crippen molar-refractivity contribution in [3.05, 3.63) is 22.3 Å². The van der Waals surface area contributed by atoms with E-state index in [1.165, 1.54) is 12.8 Å². The lowest BCUT2D eigenvalue weighted by molar-refractivity contribution is 0.625. The van der Waals surface area contributed by atoms with Crippen LogP contribution in [-0.2, 0) is 0 Å². The first-order valence-corrected chi connectivity index (χ1v) is 9.22. The van der Waals surface area contributed by atoms with Gasteiger partial charge in [-0.2, -0.15) is 0 Å². The van der Waals surface area contributed by atoms with Crippen molar-refractivity contribution in [1.29, 1.82) is 0 Å². The Morgan fingerprint density at radius 2 is 0.727 bits per heavy atom. The summed E-state index contributed by atoms with van der Waals surface area (Å²) in [6.07, 6.45) is 2.51. The molecular weight excluding hydrogens is 264 g/mol. The summed E-state index contributed by atoms with van der Waals surface area (Å²) in [7, 11) is 0. The molecule has 0 radical (unpaired) electrons. The van der Waals surface area contributed by atoms with E-state index in [0.717, 1.165) is 11.8 Å². The number of allylic oxidation sites excluding steroid dienone is 4. The zero-order chi connectivity index (χ0) is 18.0. The minimum atomic E-state index is 0.716. The van der Waals surface area contributed by atoms with Crippen molar-refractivity contribution in [2.45, 2.75) is 95.9 Å². The first-order valence-electron chi connectivity index (χ1n) is 9.22. The zero-order valence-electron chi connectivity index (χ0n) is 17.7. The first-order chi connectivity index (χ1) is 9.89. The highest BCUT2D eigenvalue weighted by Crippen LogP contribution is 2.20. The van der Waals surface area contributed by atoms with Gasteiger partial charge in [0.05, 0.1) is 0 Å². The zero-order valence-corrected chi connectivity index (χ0v) is 17.7. The average molecular weight is 309 g/mol. The maximum absolute atomic E-state index is 2.27. The second-order valence-electron chi connectivity index (χ2n) is 8.43. The molecule has 0 aromatic carbocycles. The second-order valence-corrected chi connectivity index (χ2v) is 8.43. The van der Waals surface area contributed by atoms with Crippen LogP contribution in [-0.4, -0.2) is 0 Å². The van der Waals surface area contributed by atoms with Crippen LogP contribution in [0.1, 0.15) is 95.9 Å². The Bertz CT molecular complexity index is 312. The summed E-state index contributed by atoms with van der Waals surface area (Å²) in [4.78, 5) is 0. The van der Waals surface area contributed by atoms with E-state index in [4.69, 9.17) is 0 Å². The average Bonchev–Trinajstić information content (AvgIpc) is 2.35. The molecule has 0 amide bonds. The molecular formula is C22H44. The predicted molar refractivity (Wildman–Crippen MR) is 105 cm³/mol. The molecule has 0 N–H and O–H groups in total. The molecule has 0 spiro atoms. The maximum atomic E-state index is 2.27. The van der Waals surface area contributed by atoms with Crippen LogP contribution >= 0.6 is 0 Å². The molecule has 22 heavy (non-hydrogen) atoms. The van der Waals surface area contributed by atoms with Gasteiger partial charge < -0.3 is 0 Å². The Balaban J connectivity index is 0. The summed E-state index contributed by atoms with van der Waals surface area (Å²) in [5, 5.41) is 0. The van der Waals surface area contributed by atoms with Gasteiger partial charge in [-0.3, -0.25) is 0 Å². The Hall–Kier alpha value is -0.520. The molecule has 0 heteroatoms. The quantitative estimate of drug-likeness (QED) is 0.435. The SMILES string of the molecule is CC(CC(C)C)=C(C)C(C)C.CC(CC(C)C)=C(C)C(C)C. The van der Waals surface area contributed by atoms with Crippen LogP contribution < -0.4 is 0 Å². The molecule has 0 nitrogen and oxygen atoms in total. The van der Waals surface area contributed by atoms with Crippen LogP contribution in [0.15, 0.2) is 22.3 Å². The normalized spacial score (nSPS) is 14.2. The van der Waals surface area contributed by atoms with Crippen molar-refractivity contribution in [2.24, 2.45) is 23.7 Å². The van der Waals surface area contributed by atoms with E-state index >= 15 is 0 Å². The van der Waals surface area contributed by atoms with Crippen molar-refractivity contribution in [3.63, 3.8) is 0 Å². The smallest absolute Gasteiger partial charge is 0.0260 e. The third kappa shape index (κ3) is 12.1. The van der Waals surface area contributed by atoms with Gasteiger partial charge in [0.1, 0.15) is 0 Å². The first kappa shape index (κ1) is 23.7. The maximum Gasteiger partial charge on any atom is -0.0260 e. The van der Waals surface area contributed by atoms with Gasteiger partial charge in [-0.1, -0.05) is 77.7 Å². The highest BCUT2D eigenvalue weighted by atomic mass is 14.1. The topological polar surface area (TPSA) is 0 Å². The fourth-order valence-corrected chi connectivity index (χ4v) is 2.53. The number of rotatable bonds is 6. The van der Waals surface area contributed by atoms with Crippen molar-refractivity contribution < 1.29 is 0 Å². The lowest BCUT2D eigenvalue weighted by atomic mass is 9.94. The van der Waals surface area contributed by atoms with Gasteiger partial charge in [0.15, 0.2) is 0 Å². The van der Waals surface area contributed by atoms with E-state index in [1.54, 1.807) is 22.3 Å². The summed E-state index contributed by atoms with van der Waals surface area (Å²) < 4.78 is 0. The summed E-state index contributed by atoms with van der Waals surface area (Å²) in [5.41, 5.74) is 6.29. The van der Waals surface area contributed by atoms with Gasteiger partial charge in [0, 0.05) is 0 Å². The highest BCUT2D eigenvalue weighted by molar-refractivity contribution is 5.12. The monoisotopic (exact) mass is 308 g/mol. The molecule has 0 aliphatic rings. The van der Waals surface area contributed by atoms with Crippen molar-refractivity contribution in [3.8, 4) is 0 Å². The van der Waals surface area contributed by atoms with Crippen molar-refractivity contribution in [1.82, 2.24) is 0 Å². The van der Waals surface area contributed by atoms with Gasteiger partial charge in [-0.25, -0.2) is 0 Å². The van der Waals surface area contributed by atoms with Gasteiger partial charge >= 0.3 is 0 Å². The minimum Gasteiger partial charge on any atom is -0.0739 e. The summed E-state index contributed by atoms with van der Waals surface area (Å²) in [6.45, 7) is 27.2. The van der Waals surface area contributed by atoms with Gasteiger partial charge in [-0.05, 0) is 64.2 Å². The van der Waals surface area contributed by atoms with Crippen LogP contribution in [0.25, 0.3) is 0 Å². The molecule has 0 aliphatic heterocycles. The Morgan fingerprint density at radius 3 is 0.864 bits per heavy atom. The van der Waals surface area contributed by atoms with Crippen molar-refractivity contribution in [2.75, 3.05) is 0 Å². The van der Waals surface area contributed by atoms with E-state index in [9.17, 15) is 0 Å². The van der Waals surface area contributed by atoms with E-state index in [-0.39, 0.29) is 0 Å². The Labute approximate surface area is 142 Å². The molecule has 0 aliphatic carbocycles. The molecule has 0 aromatic rings. The molecule has 0 rings (SSSR count). The fourth-order valence-electron chi connectivity index (χ4n) is 2.53. The summed E-state index contributed by atoms with van der Waals surface area (Å²) in [5.74, 6) is 3.02. The van der Waals surface area contributed by atoms with Gasteiger partial charge in [0.25, 0.3) is 0 Å². The molecule has 0 unspecified atom stereocenters. The molecule has 0 atom stereocenters. The molecule has 132 valence electrons. The number of hydrogen-bond acceptors (Lipinski definition) is 0. The summed E-state index contributed by atoms with van der Waals surface area (Å²) >= 11 is 0. The third-order valence-electron chi connectivity index (χ3n) is 4.51. The van der Waals surface area contributed by atoms with Crippen LogP contribution in [0, 0.1) is 23.7 Å². The number of hydrogen-bond donors (Lipinski definition) is 0. The molecule has 0 fully saturated rings. The van der Waals surface area contributed by atoms with Gasteiger partial charge in [0.2, 0.25) is 0 Å². The highest BCUT2D eigenvalue weighted by Gasteiger charge is 2.04. The fraction of sp³-hybridized carbons (Fsp3) is 0.818. The molecule has 0 saturated carbocycles. The van der Waals surface area contributed by atoms with Crippen LogP contribution in [0.5, 0.6) is 0 Å². The largest absolute Gasteiger partial charge is 0.0739 e. The lowest BCUT2D eigenvalue weighted by Crippen LogP contribution is -1.96. The van der Waals surface area contributed by atoms with E-state index in [1.807, 2.05) is 0 Å². The second kappa shape index (κ2) is 12.0. The minimum absolute atomic E-state index is 0.716.